The van der Waals surface area contributed by atoms with Crippen molar-refractivity contribution < 1.29 is 27.5 Å². The Hall–Kier alpha value is -1.97. The second kappa shape index (κ2) is 10.1. The standard InChI is InChI=1S/C22H32N2O6S/c1-15-13-24(14-16(2)29-15)31(27,28)20-11-7-8-18(12-20)22(26)30-17(3)21(25)23-19-9-5-4-6-10-19/h7-8,11-12,15-17,19H,4-6,9-10,13-14H2,1-3H3,(H,23,25)/t15-,16+,17-/m0/s1. The molecule has 3 atom stereocenters. The van der Waals surface area contributed by atoms with E-state index in [1.165, 1.54) is 41.9 Å². The Morgan fingerprint density at radius 1 is 1.13 bits per heavy atom. The average Bonchev–Trinajstić information content (AvgIpc) is 2.73. The van der Waals surface area contributed by atoms with E-state index in [2.05, 4.69) is 5.32 Å². The van der Waals surface area contributed by atoms with Crippen molar-refractivity contribution in [2.45, 2.75) is 82.1 Å². The topological polar surface area (TPSA) is 102 Å². The molecule has 3 rings (SSSR count). The van der Waals surface area contributed by atoms with Crippen LogP contribution in [-0.2, 0) is 24.3 Å². The summed E-state index contributed by atoms with van der Waals surface area (Å²) < 4.78 is 38.4. The molecule has 1 amide bonds. The van der Waals surface area contributed by atoms with Gasteiger partial charge in [-0.3, -0.25) is 4.79 Å². The number of benzene rings is 1. The van der Waals surface area contributed by atoms with Gasteiger partial charge >= 0.3 is 5.97 Å². The molecule has 1 aromatic rings. The number of amides is 1. The highest BCUT2D eigenvalue weighted by atomic mass is 32.2. The van der Waals surface area contributed by atoms with Crippen LogP contribution < -0.4 is 5.32 Å². The minimum absolute atomic E-state index is 0.0163. The van der Waals surface area contributed by atoms with Gasteiger partial charge in [0.15, 0.2) is 6.10 Å². The van der Waals surface area contributed by atoms with Crippen LogP contribution in [0.15, 0.2) is 29.2 Å². The van der Waals surface area contributed by atoms with Crippen LogP contribution in [0.5, 0.6) is 0 Å². The lowest BCUT2D eigenvalue weighted by Gasteiger charge is -2.34. The quantitative estimate of drug-likeness (QED) is 0.666. The predicted molar refractivity (Wildman–Crippen MR) is 115 cm³/mol. The first-order valence-corrected chi connectivity index (χ1v) is 12.4. The van der Waals surface area contributed by atoms with Crippen molar-refractivity contribution in [1.29, 1.82) is 0 Å². The molecule has 1 aliphatic carbocycles. The van der Waals surface area contributed by atoms with Gasteiger partial charge in [0.25, 0.3) is 5.91 Å². The van der Waals surface area contributed by atoms with E-state index >= 15 is 0 Å². The molecule has 2 aliphatic rings. The Morgan fingerprint density at radius 3 is 2.42 bits per heavy atom. The number of hydrogen-bond acceptors (Lipinski definition) is 6. The molecule has 0 unspecified atom stereocenters. The van der Waals surface area contributed by atoms with Crippen LogP contribution >= 0.6 is 0 Å². The maximum atomic E-state index is 13.1. The highest BCUT2D eigenvalue weighted by molar-refractivity contribution is 7.89. The number of esters is 1. The van der Waals surface area contributed by atoms with Gasteiger partial charge in [0.05, 0.1) is 22.7 Å². The van der Waals surface area contributed by atoms with E-state index in [1.54, 1.807) is 0 Å². The van der Waals surface area contributed by atoms with Gasteiger partial charge in [-0.05, 0) is 51.8 Å². The minimum atomic E-state index is -3.78. The largest absolute Gasteiger partial charge is 0.449 e. The lowest BCUT2D eigenvalue weighted by Crippen LogP contribution is -2.48. The normalized spacial score (nSPS) is 24.4. The van der Waals surface area contributed by atoms with Crippen LogP contribution in [0.1, 0.15) is 63.2 Å². The number of nitrogens with zero attached hydrogens (tertiary/aromatic N) is 1. The molecule has 0 radical (unpaired) electrons. The van der Waals surface area contributed by atoms with E-state index in [0.29, 0.717) is 0 Å². The number of carbonyl (C=O) groups is 2. The fourth-order valence-corrected chi connectivity index (χ4v) is 5.74. The molecule has 0 aromatic heterocycles. The second-order valence-electron chi connectivity index (χ2n) is 8.50. The van der Waals surface area contributed by atoms with Gasteiger partial charge in [-0.2, -0.15) is 4.31 Å². The number of sulfonamides is 1. The summed E-state index contributed by atoms with van der Waals surface area (Å²) >= 11 is 0. The van der Waals surface area contributed by atoms with Gasteiger partial charge in [-0.25, -0.2) is 13.2 Å². The summed E-state index contributed by atoms with van der Waals surface area (Å²) in [6.07, 6.45) is 3.83. The number of rotatable bonds is 6. The van der Waals surface area contributed by atoms with Crippen LogP contribution in [0.25, 0.3) is 0 Å². The van der Waals surface area contributed by atoms with E-state index in [9.17, 15) is 18.0 Å². The summed E-state index contributed by atoms with van der Waals surface area (Å²) in [5.41, 5.74) is 0.0905. The van der Waals surface area contributed by atoms with Crippen molar-refractivity contribution in [3.63, 3.8) is 0 Å². The van der Waals surface area contributed by atoms with Gasteiger partial charge in [-0.15, -0.1) is 0 Å². The summed E-state index contributed by atoms with van der Waals surface area (Å²) in [7, 11) is -3.78. The van der Waals surface area contributed by atoms with Crippen LogP contribution in [0.3, 0.4) is 0 Å². The van der Waals surface area contributed by atoms with E-state index in [0.717, 1.165) is 25.7 Å². The van der Waals surface area contributed by atoms with Crippen molar-refractivity contribution >= 4 is 21.9 Å². The van der Waals surface area contributed by atoms with Gasteiger partial charge in [0, 0.05) is 19.1 Å². The van der Waals surface area contributed by atoms with E-state index in [-0.39, 0.29) is 47.7 Å². The van der Waals surface area contributed by atoms with E-state index in [1.807, 2.05) is 13.8 Å². The SMILES string of the molecule is C[C@@H]1CN(S(=O)(=O)c2cccc(C(=O)O[C@@H](C)C(=O)NC3CCCCC3)c2)C[C@H](C)O1. The molecule has 31 heavy (non-hydrogen) atoms. The maximum absolute atomic E-state index is 13.1. The molecule has 8 nitrogen and oxygen atoms in total. The molecule has 9 heteroatoms. The first-order valence-electron chi connectivity index (χ1n) is 10.9. The van der Waals surface area contributed by atoms with Crippen LogP contribution in [0, 0.1) is 0 Å². The predicted octanol–water partition coefficient (Wildman–Crippen LogP) is 2.48. The van der Waals surface area contributed by atoms with Gasteiger partial charge in [0.1, 0.15) is 0 Å². The Morgan fingerprint density at radius 2 is 1.77 bits per heavy atom. The number of hydrogen-bond donors (Lipinski definition) is 1. The molecule has 1 aromatic carbocycles. The zero-order chi connectivity index (χ0) is 22.6. The van der Waals surface area contributed by atoms with E-state index < -0.39 is 22.1 Å². The molecule has 1 saturated heterocycles. The van der Waals surface area contributed by atoms with Gasteiger partial charge in [-0.1, -0.05) is 25.3 Å². The molecule has 1 heterocycles. The summed E-state index contributed by atoms with van der Waals surface area (Å²) in [6.45, 7) is 5.67. The second-order valence-corrected chi connectivity index (χ2v) is 10.4. The highest BCUT2D eigenvalue weighted by Crippen LogP contribution is 2.22. The fourth-order valence-electron chi connectivity index (χ4n) is 4.11. The van der Waals surface area contributed by atoms with Crippen LogP contribution in [-0.4, -0.2) is 62.0 Å². The third kappa shape index (κ3) is 6.05. The summed E-state index contributed by atoms with van der Waals surface area (Å²) in [4.78, 5) is 25.0. The average molecular weight is 453 g/mol. The third-order valence-electron chi connectivity index (χ3n) is 5.70. The monoisotopic (exact) mass is 452 g/mol. The van der Waals surface area contributed by atoms with Crippen molar-refractivity contribution in [2.24, 2.45) is 0 Å². The highest BCUT2D eigenvalue weighted by Gasteiger charge is 2.32. The third-order valence-corrected chi connectivity index (χ3v) is 7.53. The molecule has 172 valence electrons. The number of carbonyl (C=O) groups excluding carboxylic acids is 2. The minimum Gasteiger partial charge on any atom is -0.449 e. The zero-order valence-corrected chi connectivity index (χ0v) is 19.2. The first-order chi connectivity index (χ1) is 14.7. The van der Waals surface area contributed by atoms with Crippen LogP contribution in [0.2, 0.25) is 0 Å². The Balaban J connectivity index is 1.66. The van der Waals surface area contributed by atoms with Crippen molar-refractivity contribution in [3.05, 3.63) is 29.8 Å². The number of nitrogens with one attached hydrogen (secondary N) is 1. The Labute approximate surface area is 184 Å². The zero-order valence-electron chi connectivity index (χ0n) is 18.4. The van der Waals surface area contributed by atoms with Crippen molar-refractivity contribution in [3.8, 4) is 0 Å². The molecular formula is C22H32N2O6S. The maximum Gasteiger partial charge on any atom is 0.338 e. The number of ether oxygens (including phenoxy) is 2. The lowest BCUT2D eigenvalue weighted by molar-refractivity contribution is -0.130. The molecule has 1 N–H and O–H groups in total. The van der Waals surface area contributed by atoms with Crippen LogP contribution in [0.4, 0.5) is 0 Å². The molecule has 0 spiro atoms. The summed E-state index contributed by atoms with van der Waals surface area (Å²) in [6, 6.07) is 5.86. The first kappa shape index (κ1) is 23.7. The van der Waals surface area contributed by atoms with Gasteiger partial charge in [0.2, 0.25) is 10.0 Å². The Kier molecular flexibility index (Phi) is 7.72. The summed E-state index contributed by atoms with van der Waals surface area (Å²) in [5.74, 6) is -1.06. The molecule has 0 bridgehead atoms. The lowest BCUT2D eigenvalue weighted by atomic mass is 9.95. The molecule has 1 saturated carbocycles. The van der Waals surface area contributed by atoms with Crippen molar-refractivity contribution in [2.75, 3.05) is 13.1 Å². The molecule has 2 fully saturated rings. The molecular weight excluding hydrogens is 420 g/mol. The fraction of sp³-hybridized carbons (Fsp3) is 0.636. The summed E-state index contributed by atoms with van der Waals surface area (Å²) in [5, 5.41) is 2.93. The molecule has 1 aliphatic heterocycles. The Bertz CT molecular complexity index is 887. The van der Waals surface area contributed by atoms with E-state index in [4.69, 9.17) is 9.47 Å². The van der Waals surface area contributed by atoms with Gasteiger partial charge < -0.3 is 14.8 Å². The van der Waals surface area contributed by atoms with Crippen molar-refractivity contribution in [1.82, 2.24) is 9.62 Å². The number of morpholine rings is 1. The smallest absolute Gasteiger partial charge is 0.338 e.